The van der Waals surface area contributed by atoms with Gasteiger partial charge in [-0.05, 0) is 68.5 Å². The molecule has 0 N–H and O–H groups in total. The molecule has 0 radical (unpaired) electrons. The Kier molecular flexibility index (Phi) is 5.59. The molecule has 0 aliphatic carbocycles. The second-order valence-electron chi connectivity index (χ2n) is 9.19. The number of amides is 2. The highest BCUT2D eigenvalue weighted by atomic mass is 18.2. The maximum Gasteiger partial charge on any atom is 0.421 e. The normalized spacial score (nSPS) is 14.9. The van der Waals surface area contributed by atoms with Gasteiger partial charge in [0, 0.05) is 0 Å². The molecule has 5 heteroatoms. The van der Waals surface area contributed by atoms with Crippen molar-refractivity contribution in [2.24, 2.45) is 0 Å². The highest BCUT2D eigenvalue weighted by molar-refractivity contribution is 6.21. The van der Waals surface area contributed by atoms with Crippen LogP contribution in [0.25, 0.3) is 0 Å². The van der Waals surface area contributed by atoms with Crippen LogP contribution in [0.4, 0.5) is 14.9 Å². The Labute approximate surface area is 187 Å². The van der Waals surface area contributed by atoms with E-state index in [-0.39, 0.29) is 0 Å². The molecule has 1 aliphatic heterocycles. The summed E-state index contributed by atoms with van der Waals surface area (Å²) in [6.45, 7) is 5.24. The van der Waals surface area contributed by atoms with Gasteiger partial charge in [-0.15, -0.1) is 0 Å². The monoisotopic (exact) mass is 430 g/mol. The molecule has 0 fully saturated rings. The second kappa shape index (κ2) is 8.23. The zero-order valence-corrected chi connectivity index (χ0v) is 18.5. The number of ether oxygens (including phenoxy) is 1. The lowest BCUT2D eigenvalue weighted by atomic mass is 9.72. The van der Waals surface area contributed by atoms with Crippen LogP contribution in [-0.4, -0.2) is 17.6 Å². The number of carbonyl (C=O) groups is 2. The Morgan fingerprint density at radius 3 is 1.94 bits per heavy atom. The largest absolute Gasteiger partial charge is 0.443 e. The van der Waals surface area contributed by atoms with Gasteiger partial charge in [0.05, 0.1) is 11.1 Å². The minimum Gasteiger partial charge on any atom is -0.443 e. The Balaban J connectivity index is 1.88. The molecule has 3 aromatic rings. The highest BCUT2D eigenvalue weighted by Crippen LogP contribution is 2.47. The summed E-state index contributed by atoms with van der Waals surface area (Å²) in [4.78, 5) is 28.2. The van der Waals surface area contributed by atoms with Gasteiger partial charge >= 0.3 is 6.09 Å². The van der Waals surface area contributed by atoms with Gasteiger partial charge in [0.2, 0.25) is 5.91 Å². The lowest BCUT2D eigenvalue weighted by Crippen LogP contribution is -2.47. The fourth-order valence-electron chi connectivity index (χ4n) is 4.31. The molecule has 1 heterocycles. The Morgan fingerprint density at radius 1 is 0.906 bits per heavy atom. The van der Waals surface area contributed by atoms with Gasteiger partial charge < -0.3 is 4.74 Å². The number of hydrogen-bond acceptors (Lipinski definition) is 3. The van der Waals surface area contributed by atoms with Crippen LogP contribution in [0.3, 0.4) is 0 Å². The highest BCUT2D eigenvalue weighted by Gasteiger charge is 2.54. The molecule has 0 aromatic heterocycles. The van der Waals surface area contributed by atoms with E-state index in [0.29, 0.717) is 24.1 Å². The first-order chi connectivity index (χ1) is 15.2. The molecule has 164 valence electrons. The predicted molar refractivity (Wildman–Crippen MR) is 122 cm³/mol. The van der Waals surface area contributed by atoms with Crippen LogP contribution in [0, 0.1) is 5.82 Å². The second-order valence-corrected chi connectivity index (χ2v) is 9.19. The maximum absolute atomic E-state index is 14.5. The van der Waals surface area contributed by atoms with Crippen molar-refractivity contribution in [1.29, 1.82) is 0 Å². The fraction of sp³-hybridized carbons (Fsp3) is 0.259. The minimum absolute atomic E-state index is 0.331. The first-order valence-corrected chi connectivity index (χ1v) is 10.6. The van der Waals surface area contributed by atoms with Crippen molar-refractivity contribution in [2.75, 3.05) is 4.90 Å². The summed E-state index contributed by atoms with van der Waals surface area (Å²) in [6.07, 6.45) is -0.0902. The quantitative estimate of drug-likeness (QED) is 0.523. The number of anilines is 1. The molecule has 1 aliphatic rings. The molecule has 4 rings (SSSR count). The van der Waals surface area contributed by atoms with Crippen LogP contribution >= 0.6 is 0 Å². The molecule has 3 aromatic carbocycles. The number of fused-ring (bicyclic) bond motifs is 1. The lowest BCUT2D eigenvalue weighted by molar-refractivity contribution is -0.123. The summed E-state index contributed by atoms with van der Waals surface area (Å²) in [5.41, 5.74) is 0.813. The van der Waals surface area contributed by atoms with Gasteiger partial charge in [-0.25, -0.2) is 14.1 Å². The van der Waals surface area contributed by atoms with Crippen LogP contribution in [0.1, 0.15) is 37.5 Å². The first-order valence-electron chi connectivity index (χ1n) is 10.6. The lowest BCUT2D eigenvalue weighted by Gasteiger charge is -2.30. The van der Waals surface area contributed by atoms with Crippen LogP contribution < -0.4 is 4.90 Å². The molecule has 0 atom stereocenters. The van der Waals surface area contributed by atoms with E-state index in [0.717, 1.165) is 16.0 Å². The van der Waals surface area contributed by atoms with E-state index < -0.39 is 28.8 Å². The topological polar surface area (TPSA) is 46.6 Å². The zero-order valence-electron chi connectivity index (χ0n) is 18.5. The summed E-state index contributed by atoms with van der Waals surface area (Å²) in [5.74, 6) is -0.854. The zero-order chi connectivity index (χ0) is 22.9. The van der Waals surface area contributed by atoms with Crippen molar-refractivity contribution < 1.29 is 18.7 Å². The number of nitrogens with zero attached hydrogens (tertiary/aromatic N) is 1. The molecule has 0 bridgehead atoms. The smallest absolute Gasteiger partial charge is 0.421 e. The standard InChI is InChI=1S/C27H26FNO3/c1-26(2,3)32-25(31)29-23-15-14-21(28)16-22(23)27(24(29)30,17-19-10-6-4-7-11-19)18-20-12-8-5-9-13-20/h4-16H,17-18H2,1-3H3/i28-1. The van der Waals surface area contributed by atoms with Gasteiger partial charge in [-0.3, -0.25) is 4.79 Å². The van der Waals surface area contributed by atoms with Crippen molar-refractivity contribution in [3.05, 3.63) is 101 Å². The fourth-order valence-corrected chi connectivity index (χ4v) is 4.31. The van der Waals surface area contributed by atoms with Crippen LogP contribution in [0.2, 0.25) is 0 Å². The van der Waals surface area contributed by atoms with Crippen molar-refractivity contribution in [3.8, 4) is 0 Å². The maximum atomic E-state index is 14.5. The minimum atomic E-state index is -1.14. The third-order valence-electron chi connectivity index (χ3n) is 5.60. The van der Waals surface area contributed by atoms with Crippen molar-refractivity contribution in [1.82, 2.24) is 0 Å². The summed E-state index contributed by atoms with van der Waals surface area (Å²) in [6, 6.07) is 23.3. The molecule has 32 heavy (non-hydrogen) atoms. The van der Waals surface area contributed by atoms with E-state index in [2.05, 4.69) is 0 Å². The van der Waals surface area contributed by atoms with Crippen LogP contribution in [0.15, 0.2) is 78.9 Å². The SMILES string of the molecule is CC(C)(C)OC(=O)N1C(=O)C(Cc2ccccc2)(Cc2ccccc2)c2cc([18F])ccc21. The Morgan fingerprint density at radius 2 is 1.44 bits per heavy atom. The molecule has 4 nitrogen and oxygen atoms in total. The van der Waals surface area contributed by atoms with E-state index in [1.807, 2.05) is 60.7 Å². The number of carbonyl (C=O) groups excluding carboxylic acids is 2. The van der Waals surface area contributed by atoms with E-state index in [9.17, 15) is 14.0 Å². The van der Waals surface area contributed by atoms with E-state index in [4.69, 9.17) is 4.74 Å². The van der Waals surface area contributed by atoms with Crippen LogP contribution in [0.5, 0.6) is 0 Å². The summed E-state index contributed by atoms with van der Waals surface area (Å²) in [7, 11) is 0. The average molecular weight is 431 g/mol. The third-order valence-corrected chi connectivity index (χ3v) is 5.60. The first kappa shape index (κ1) is 21.8. The third kappa shape index (κ3) is 4.15. The summed E-state index contributed by atoms with van der Waals surface area (Å²) < 4.78 is 20.0. The summed E-state index contributed by atoms with van der Waals surface area (Å²) in [5, 5.41) is 0. The van der Waals surface area contributed by atoms with E-state index >= 15 is 0 Å². The van der Waals surface area contributed by atoms with E-state index in [1.165, 1.54) is 18.2 Å². The molecule has 0 saturated heterocycles. The number of halogens is 1. The van der Waals surface area contributed by atoms with Gasteiger partial charge in [0.25, 0.3) is 0 Å². The number of imide groups is 1. The number of benzene rings is 3. The average Bonchev–Trinajstić information content (AvgIpc) is 2.96. The van der Waals surface area contributed by atoms with Crippen LogP contribution in [-0.2, 0) is 27.8 Å². The van der Waals surface area contributed by atoms with Crippen molar-refractivity contribution >= 4 is 17.7 Å². The molecule has 0 saturated carbocycles. The summed E-state index contributed by atoms with van der Waals surface area (Å²) >= 11 is 0. The Hall–Kier alpha value is -3.47. The molecule has 2 amide bonds. The molecule has 0 spiro atoms. The number of hydrogen-bond donors (Lipinski definition) is 0. The van der Waals surface area contributed by atoms with Gasteiger partial charge in [0.15, 0.2) is 0 Å². The predicted octanol–water partition coefficient (Wildman–Crippen LogP) is 5.83. The molecule has 0 unspecified atom stereocenters. The van der Waals surface area contributed by atoms with Gasteiger partial charge in [0.1, 0.15) is 11.4 Å². The van der Waals surface area contributed by atoms with Gasteiger partial charge in [-0.2, -0.15) is 0 Å². The molecular formula is C27H26FNO3. The Bertz CT molecular complexity index is 1100. The number of rotatable bonds is 4. The van der Waals surface area contributed by atoms with Crippen molar-refractivity contribution in [2.45, 2.75) is 44.6 Å². The van der Waals surface area contributed by atoms with E-state index in [1.54, 1.807) is 20.8 Å². The van der Waals surface area contributed by atoms with Gasteiger partial charge in [-0.1, -0.05) is 60.7 Å². The van der Waals surface area contributed by atoms with Crippen molar-refractivity contribution in [3.63, 3.8) is 0 Å². The molecular weight excluding hydrogens is 404 g/mol.